The van der Waals surface area contributed by atoms with Crippen LogP contribution >= 0.6 is 0 Å². The van der Waals surface area contributed by atoms with Gasteiger partial charge in [-0.15, -0.1) is 5.10 Å². The number of sulfone groups is 1. The Morgan fingerprint density at radius 3 is 2.32 bits per heavy atom. The van der Waals surface area contributed by atoms with Crippen LogP contribution < -0.4 is 9.64 Å². The minimum Gasteiger partial charge on any atom is -0.497 e. The third-order valence-corrected chi connectivity index (χ3v) is 6.40. The van der Waals surface area contributed by atoms with Crippen molar-refractivity contribution in [1.82, 2.24) is 15.1 Å². The zero-order valence-electron chi connectivity index (χ0n) is 17.0. The maximum atomic E-state index is 12.6. The average molecular weight is 442 g/mol. The number of para-hydroxylation sites is 1. The minimum absolute atomic E-state index is 0.0603. The van der Waals surface area contributed by atoms with Gasteiger partial charge in [0.05, 0.1) is 7.11 Å². The first-order valence-electron chi connectivity index (χ1n) is 9.75. The van der Waals surface area contributed by atoms with Gasteiger partial charge in [0.25, 0.3) is 0 Å². The van der Waals surface area contributed by atoms with Crippen LogP contribution in [0.1, 0.15) is 0 Å². The summed E-state index contributed by atoms with van der Waals surface area (Å²) in [6.45, 7) is 2.17. The van der Waals surface area contributed by atoms with Crippen LogP contribution in [0.15, 0.2) is 64.2 Å². The molecule has 31 heavy (non-hydrogen) atoms. The molecule has 10 heteroatoms. The van der Waals surface area contributed by atoms with Gasteiger partial charge in [0.1, 0.15) is 11.5 Å². The van der Waals surface area contributed by atoms with Crippen molar-refractivity contribution in [3.05, 3.63) is 54.6 Å². The number of aromatic nitrogens is 2. The van der Waals surface area contributed by atoms with E-state index in [4.69, 9.17) is 9.15 Å². The number of rotatable bonds is 6. The standard InChI is InChI=1S/C21H22N4O5S/c1-29-18-9-7-16(8-10-18)20-22-23-21(30-20)31(27,28)15-19(26)25-13-11-24(12-14-25)17-5-3-2-4-6-17/h2-10H,11-15H2,1H3. The molecule has 0 N–H and O–H groups in total. The number of piperazine rings is 1. The van der Waals surface area contributed by atoms with Crippen LogP contribution in [0.25, 0.3) is 11.5 Å². The zero-order valence-corrected chi connectivity index (χ0v) is 17.8. The van der Waals surface area contributed by atoms with Gasteiger partial charge in [-0.05, 0) is 36.4 Å². The van der Waals surface area contributed by atoms with Gasteiger partial charge in [0.15, 0.2) is 0 Å². The topological polar surface area (TPSA) is 106 Å². The summed E-state index contributed by atoms with van der Waals surface area (Å²) in [5.74, 6) is -0.473. The number of hydrogen-bond acceptors (Lipinski definition) is 8. The summed E-state index contributed by atoms with van der Waals surface area (Å²) in [6.07, 6.45) is 0. The Balaban J connectivity index is 1.38. The number of carbonyl (C=O) groups is 1. The predicted octanol–water partition coefficient (Wildman–Crippen LogP) is 1.87. The van der Waals surface area contributed by atoms with Crippen LogP contribution in [-0.2, 0) is 14.6 Å². The van der Waals surface area contributed by atoms with E-state index in [0.717, 1.165) is 5.69 Å². The Kier molecular flexibility index (Phi) is 5.90. The van der Waals surface area contributed by atoms with Gasteiger partial charge < -0.3 is 19.0 Å². The van der Waals surface area contributed by atoms with Crippen LogP contribution in [0.3, 0.4) is 0 Å². The molecule has 162 valence electrons. The Labute approximate surface area is 180 Å². The molecule has 1 aromatic heterocycles. The summed E-state index contributed by atoms with van der Waals surface area (Å²) in [7, 11) is -2.50. The Hall–Kier alpha value is -3.40. The summed E-state index contributed by atoms with van der Waals surface area (Å²) >= 11 is 0. The maximum Gasteiger partial charge on any atom is 0.336 e. The molecular weight excluding hydrogens is 420 g/mol. The first kappa shape index (κ1) is 20.9. The van der Waals surface area contributed by atoms with Crippen LogP contribution in [0.2, 0.25) is 0 Å². The summed E-state index contributed by atoms with van der Waals surface area (Å²) in [6, 6.07) is 16.7. The number of hydrogen-bond donors (Lipinski definition) is 0. The van der Waals surface area contributed by atoms with Gasteiger partial charge >= 0.3 is 5.22 Å². The maximum absolute atomic E-state index is 12.6. The highest BCUT2D eigenvalue weighted by atomic mass is 32.2. The fourth-order valence-electron chi connectivity index (χ4n) is 3.35. The SMILES string of the molecule is COc1ccc(-c2nnc(S(=O)(=O)CC(=O)N3CCN(c4ccccc4)CC3)o2)cc1. The number of carbonyl (C=O) groups excluding carboxylic acids is 1. The lowest BCUT2D eigenvalue weighted by molar-refractivity contribution is -0.128. The molecule has 1 aliphatic rings. The lowest BCUT2D eigenvalue weighted by atomic mass is 10.2. The van der Waals surface area contributed by atoms with Gasteiger partial charge in [-0.3, -0.25) is 4.79 Å². The second-order valence-electron chi connectivity index (χ2n) is 7.06. The van der Waals surface area contributed by atoms with Crippen molar-refractivity contribution in [2.24, 2.45) is 0 Å². The number of methoxy groups -OCH3 is 1. The molecule has 1 saturated heterocycles. The van der Waals surface area contributed by atoms with E-state index in [9.17, 15) is 13.2 Å². The van der Waals surface area contributed by atoms with Crippen LogP contribution in [0, 0.1) is 0 Å². The highest BCUT2D eigenvalue weighted by molar-refractivity contribution is 7.91. The molecule has 0 spiro atoms. The van der Waals surface area contributed by atoms with Crippen molar-refractivity contribution in [3.63, 3.8) is 0 Å². The van der Waals surface area contributed by atoms with E-state index in [0.29, 0.717) is 37.5 Å². The van der Waals surface area contributed by atoms with Crippen LogP contribution in [0.5, 0.6) is 5.75 Å². The fraction of sp³-hybridized carbons (Fsp3) is 0.286. The van der Waals surface area contributed by atoms with Gasteiger partial charge in [-0.1, -0.05) is 23.3 Å². The summed E-state index contributed by atoms with van der Waals surface area (Å²) in [5, 5.41) is 6.88. The summed E-state index contributed by atoms with van der Waals surface area (Å²) in [5.41, 5.74) is 1.64. The fourth-order valence-corrected chi connectivity index (χ4v) is 4.36. The number of anilines is 1. The monoisotopic (exact) mass is 442 g/mol. The molecule has 1 aliphatic heterocycles. The molecule has 1 amide bonds. The quantitative estimate of drug-likeness (QED) is 0.570. The number of ether oxygens (including phenoxy) is 1. The van der Waals surface area contributed by atoms with E-state index in [1.54, 1.807) is 36.3 Å². The predicted molar refractivity (Wildman–Crippen MR) is 114 cm³/mol. The molecule has 0 unspecified atom stereocenters. The second-order valence-corrected chi connectivity index (χ2v) is 8.93. The van der Waals surface area contributed by atoms with E-state index in [2.05, 4.69) is 15.1 Å². The first-order valence-corrected chi connectivity index (χ1v) is 11.4. The molecule has 3 aromatic rings. The van der Waals surface area contributed by atoms with Crippen molar-refractivity contribution in [3.8, 4) is 17.2 Å². The third-order valence-electron chi connectivity index (χ3n) is 5.08. The first-order chi connectivity index (χ1) is 15.0. The normalized spacial score (nSPS) is 14.5. The van der Waals surface area contributed by atoms with E-state index < -0.39 is 26.7 Å². The number of benzene rings is 2. The highest BCUT2D eigenvalue weighted by Crippen LogP contribution is 2.23. The second kappa shape index (κ2) is 8.76. The van der Waals surface area contributed by atoms with Gasteiger partial charge in [-0.2, -0.15) is 0 Å². The van der Waals surface area contributed by atoms with Gasteiger partial charge in [0.2, 0.25) is 21.6 Å². The Morgan fingerprint density at radius 2 is 1.68 bits per heavy atom. The third kappa shape index (κ3) is 4.69. The largest absolute Gasteiger partial charge is 0.497 e. The van der Waals surface area contributed by atoms with Crippen molar-refractivity contribution in [2.45, 2.75) is 5.22 Å². The van der Waals surface area contributed by atoms with E-state index in [-0.39, 0.29) is 5.89 Å². The highest BCUT2D eigenvalue weighted by Gasteiger charge is 2.30. The molecule has 0 aliphatic carbocycles. The molecule has 0 radical (unpaired) electrons. The molecule has 9 nitrogen and oxygen atoms in total. The molecule has 2 heterocycles. The van der Waals surface area contributed by atoms with E-state index >= 15 is 0 Å². The molecular formula is C21H22N4O5S. The van der Waals surface area contributed by atoms with Crippen molar-refractivity contribution < 1.29 is 22.4 Å². The van der Waals surface area contributed by atoms with Crippen LogP contribution in [-0.4, -0.2) is 68.5 Å². The van der Waals surface area contributed by atoms with Gasteiger partial charge in [-0.25, -0.2) is 8.42 Å². The zero-order chi connectivity index (χ0) is 21.8. The molecule has 0 atom stereocenters. The minimum atomic E-state index is -4.04. The Morgan fingerprint density at radius 1 is 1.00 bits per heavy atom. The molecule has 2 aromatic carbocycles. The lowest BCUT2D eigenvalue weighted by Gasteiger charge is -2.36. The molecule has 0 bridgehead atoms. The van der Waals surface area contributed by atoms with Crippen molar-refractivity contribution in [1.29, 1.82) is 0 Å². The summed E-state index contributed by atoms with van der Waals surface area (Å²) < 4.78 is 35.7. The van der Waals surface area contributed by atoms with Crippen molar-refractivity contribution >= 4 is 21.4 Å². The molecule has 1 fully saturated rings. The number of nitrogens with zero attached hydrogens (tertiary/aromatic N) is 4. The lowest BCUT2D eigenvalue weighted by Crippen LogP contribution is -2.50. The van der Waals surface area contributed by atoms with Crippen LogP contribution in [0.4, 0.5) is 5.69 Å². The van der Waals surface area contributed by atoms with Gasteiger partial charge in [0, 0.05) is 37.4 Å². The molecule has 0 saturated carbocycles. The molecule has 4 rings (SSSR count). The van der Waals surface area contributed by atoms with E-state index in [1.807, 2.05) is 30.3 Å². The van der Waals surface area contributed by atoms with E-state index in [1.165, 1.54) is 0 Å². The summed E-state index contributed by atoms with van der Waals surface area (Å²) in [4.78, 5) is 16.3. The Bertz CT molecular complexity index is 1140. The smallest absolute Gasteiger partial charge is 0.336 e. The average Bonchev–Trinajstić information content (AvgIpc) is 3.31. The number of amides is 1. The van der Waals surface area contributed by atoms with Crippen molar-refractivity contribution in [2.75, 3.05) is 43.9 Å².